The van der Waals surface area contributed by atoms with Crippen molar-refractivity contribution in [2.45, 2.75) is 26.3 Å². The molecule has 134 valence electrons. The van der Waals surface area contributed by atoms with Crippen LogP contribution in [0.1, 0.15) is 18.2 Å². The zero-order chi connectivity index (χ0) is 18.4. The van der Waals surface area contributed by atoms with Crippen molar-refractivity contribution in [2.24, 2.45) is 11.3 Å². The van der Waals surface area contributed by atoms with Crippen LogP contribution in [0.15, 0.2) is 24.4 Å². The third-order valence-corrected chi connectivity index (χ3v) is 4.89. The molecule has 0 bridgehead atoms. The van der Waals surface area contributed by atoms with E-state index in [0.29, 0.717) is 23.6 Å². The predicted octanol–water partition coefficient (Wildman–Crippen LogP) is 3.15. The zero-order valence-electron chi connectivity index (χ0n) is 13.9. The van der Waals surface area contributed by atoms with E-state index in [0.717, 1.165) is 6.92 Å². The highest BCUT2D eigenvalue weighted by Gasteiger charge is 2.56. The zero-order valence-corrected chi connectivity index (χ0v) is 14.6. The molecule has 1 amide bonds. The molecule has 1 fully saturated rings. The predicted molar refractivity (Wildman–Crippen MR) is 89.1 cm³/mol. The maximum Gasteiger partial charge on any atom is 0.278 e. The van der Waals surface area contributed by atoms with Gasteiger partial charge in [0.2, 0.25) is 5.91 Å². The molecule has 2 heterocycles. The molecular formula is C17H18ClF2N3O2. The topological polar surface area (TPSA) is 66.3 Å². The Morgan fingerprint density at radius 3 is 2.80 bits per heavy atom. The molecule has 1 aliphatic heterocycles. The van der Waals surface area contributed by atoms with Crippen molar-refractivity contribution in [3.63, 3.8) is 0 Å². The summed E-state index contributed by atoms with van der Waals surface area (Å²) in [6.45, 7) is 2.43. The summed E-state index contributed by atoms with van der Waals surface area (Å²) in [6, 6.07) is 1.71. The van der Waals surface area contributed by atoms with E-state index in [1.54, 1.807) is 30.0 Å². The number of aryl methyl sites for hydroxylation is 1. The lowest BCUT2D eigenvalue weighted by molar-refractivity contribution is -0.130. The van der Waals surface area contributed by atoms with Crippen molar-refractivity contribution < 1.29 is 18.3 Å². The number of nitrogens with zero attached hydrogens (tertiary/aromatic N) is 2. The number of carbonyl (C=O) groups excluding carboxylic acids is 1. The molecule has 1 aromatic heterocycles. The second-order valence-corrected chi connectivity index (χ2v) is 7.06. The molecule has 1 unspecified atom stereocenters. The summed E-state index contributed by atoms with van der Waals surface area (Å²) in [4.78, 5) is 18.2. The van der Waals surface area contributed by atoms with Crippen LogP contribution in [-0.2, 0) is 11.3 Å². The lowest BCUT2D eigenvalue weighted by atomic mass is 9.70. The van der Waals surface area contributed by atoms with Crippen LogP contribution in [-0.4, -0.2) is 40.0 Å². The average molecular weight is 370 g/mol. The number of likely N-dealkylation sites (tertiary alicyclic amines) is 1. The molecule has 2 aliphatic rings. The van der Waals surface area contributed by atoms with Gasteiger partial charge in [-0.25, -0.2) is 8.78 Å². The number of alkyl halides is 2. The molecule has 3 rings (SSSR count). The van der Waals surface area contributed by atoms with Crippen molar-refractivity contribution in [2.75, 3.05) is 13.2 Å². The van der Waals surface area contributed by atoms with E-state index < -0.39 is 17.9 Å². The number of carbonyl (C=O) groups is 1. The molecule has 2 atom stereocenters. The van der Waals surface area contributed by atoms with Crippen LogP contribution in [0.25, 0.3) is 0 Å². The summed E-state index contributed by atoms with van der Waals surface area (Å²) in [5.74, 6) is -3.09. The maximum atomic E-state index is 12.9. The van der Waals surface area contributed by atoms with Gasteiger partial charge in [0.25, 0.3) is 5.92 Å². The minimum Gasteiger partial charge on any atom is -0.485 e. The molecule has 0 radical (unpaired) electrons. The number of aromatic nitrogens is 1. The van der Waals surface area contributed by atoms with Crippen LogP contribution in [0.4, 0.5) is 8.78 Å². The first-order valence-corrected chi connectivity index (χ1v) is 8.19. The fourth-order valence-electron chi connectivity index (χ4n) is 3.12. The monoisotopic (exact) mass is 369 g/mol. The van der Waals surface area contributed by atoms with Crippen LogP contribution in [0.3, 0.4) is 0 Å². The first-order chi connectivity index (χ1) is 11.6. The molecule has 1 aromatic rings. The number of nitrogens with one attached hydrogen (secondary N) is 1. The fraction of sp³-hybridized carbons (Fsp3) is 0.471. The van der Waals surface area contributed by atoms with E-state index in [1.165, 1.54) is 6.20 Å². The van der Waals surface area contributed by atoms with Crippen molar-refractivity contribution in [3.05, 3.63) is 35.7 Å². The van der Waals surface area contributed by atoms with Crippen LogP contribution < -0.4 is 4.74 Å². The first-order valence-electron chi connectivity index (χ1n) is 7.81. The highest BCUT2D eigenvalue weighted by atomic mass is 35.5. The molecule has 1 N–H and O–H groups in total. The van der Waals surface area contributed by atoms with Gasteiger partial charge < -0.3 is 9.64 Å². The van der Waals surface area contributed by atoms with Crippen LogP contribution in [0.2, 0.25) is 0 Å². The molecule has 5 nitrogen and oxygen atoms in total. The molecular weight excluding hydrogens is 352 g/mol. The number of hydrogen-bond acceptors (Lipinski definition) is 4. The second-order valence-electron chi connectivity index (χ2n) is 6.69. The number of halogens is 3. The Balaban J connectivity index is 1.69. The number of pyridine rings is 1. The average Bonchev–Trinajstić information content (AvgIpc) is 2.65. The lowest BCUT2D eigenvalue weighted by Crippen LogP contribution is -2.39. The lowest BCUT2D eigenvalue weighted by Gasteiger charge is -2.33. The molecule has 1 aliphatic carbocycles. The molecule has 0 spiro atoms. The van der Waals surface area contributed by atoms with Gasteiger partial charge in [0.05, 0.1) is 29.8 Å². The number of rotatable bonds is 6. The Bertz CT molecular complexity index is 763. The Hall–Kier alpha value is -2.02. The smallest absolute Gasteiger partial charge is 0.278 e. The van der Waals surface area contributed by atoms with Crippen molar-refractivity contribution in [1.29, 1.82) is 5.41 Å². The highest BCUT2D eigenvalue weighted by Crippen LogP contribution is 2.48. The molecule has 25 heavy (non-hydrogen) atoms. The molecule has 1 saturated heterocycles. The Morgan fingerprint density at radius 2 is 2.32 bits per heavy atom. The van der Waals surface area contributed by atoms with Crippen LogP contribution >= 0.6 is 11.6 Å². The normalized spacial score (nSPS) is 24.9. The summed E-state index contributed by atoms with van der Waals surface area (Å²) >= 11 is 5.88. The van der Waals surface area contributed by atoms with Gasteiger partial charge in [-0.15, -0.1) is 0 Å². The van der Waals surface area contributed by atoms with Crippen LogP contribution in [0, 0.1) is 23.7 Å². The number of fused-ring (bicyclic) bond motifs is 1. The van der Waals surface area contributed by atoms with E-state index in [-0.39, 0.29) is 23.5 Å². The van der Waals surface area contributed by atoms with Gasteiger partial charge >= 0.3 is 0 Å². The van der Waals surface area contributed by atoms with Gasteiger partial charge in [-0.1, -0.05) is 23.8 Å². The van der Waals surface area contributed by atoms with Crippen LogP contribution in [0.5, 0.6) is 5.75 Å². The van der Waals surface area contributed by atoms with E-state index in [2.05, 4.69) is 4.98 Å². The summed E-state index contributed by atoms with van der Waals surface area (Å²) in [7, 11) is 0. The largest absolute Gasteiger partial charge is 0.485 e. The van der Waals surface area contributed by atoms with Gasteiger partial charge in [-0.05, 0) is 18.6 Å². The number of hydrogen-bond donors (Lipinski definition) is 1. The van der Waals surface area contributed by atoms with E-state index in [4.69, 9.17) is 21.7 Å². The standard InChI is InChI=1S/C17H18ClF2N3O2/c1-10-5-11(22-6-13(10)25-9-16(2,19)20)7-23-8-17(15(18)21)4-3-12(17)14(23)24/h3-6,12,21H,7-9H2,1-2H3/t12?,17-/m0/s1. The van der Waals surface area contributed by atoms with Crippen molar-refractivity contribution in [3.8, 4) is 5.75 Å². The third kappa shape index (κ3) is 3.25. The summed E-state index contributed by atoms with van der Waals surface area (Å²) in [6.07, 6.45) is 4.95. The number of amides is 1. The van der Waals surface area contributed by atoms with Crippen molar-refractivity contribution >= 4 is 22.7 Å². The molecule has 0 saturated carbocycles. The van der Waals surface area contributed by atoms with Gasteiger partial charge in [0.1, 0.15) is 10.9 Å². The SMILES string of the molecule is Cc1cc(CN2C[C@@]3(C(=N)Cl)C=CC3C2=O)ncc1OCC(C)(F)F. The number of ether oxygens (including phenoxy) is 1. The first kappa shape index (κ1) is 17.8. The Labute approximate surface area is 149 Å². The van der Waals surface area contributed by atoms with E-state index in [1.807, 2.05) is 0 Å². The van der Waals surface area contributed by atoms with E-state index >= 15 is 0 Å². The minimum absolute atomic E-state index is 0.0377. The second kappa shape index (κ2) is 6.05. The van der Waals surface area contributed by atoms with Crippen molar-refractivity contribution in [1.82, 2.24) is 9.88 Å². The molecule has 8 heteroatoms. The van der Waals surface area contributed by atoms with E-state index in [9.17, 15) is 13.6 Å². The third-order valence-electron chi connectivity index (χ3n) is 4.53. The van der Waals surface area contributed by atoms with Gasteiger partial charge in [-0.3, -0.25) is 15.2 Å². The summed E-state index contributed by atoms with van der Waals surface area (Å²) in [5.41, 5.74) is 0.587. The maximum absolute atomic E-state index is 12.9. The molecule has 0 aromatic carbocycles. The fourth-order valence-corrected chi connectivity index (χ4v) is 3.36. The minimum atomic E-state index is -2.92. The quantitative estimate of drug-likeness (QED) is 0.618. The summed E-state index contributed by atoms with van der Waals surface area (Å²) < 4.78 is 30.9. The Kier molecular flexibility index (Phi) is 4.31. The highest BCUT2D eigenvalue weighted by molar-refractivity contribution is 6.66. The van der Waals surface area contributed by atoms with Gasteiger partial charge in [0.15, 0.2) is 6.61 Å². The summed E-state index contributed by atoms with van der Waals surface area (Å²) in [5, 5.41) is 7.69. The van der Waals surface area contributed by atoms with Gasteiger partial charge in [0, 0.05) is 13.5 Å². The van der Waals surface area contributed by atoms with Gasteiger partial charge in [-0.2, -0.15) is 0 Å². The Morgan fingerprint density at radius 1 is 1.60 bits per heavy atom.